The first-order chi connectivity index (χ1) is 15.8. The van der Waals surface area contributed by atoms with E-state index in [4.69, 9.17) is 9.47 Å². The standard InChI is InChI=1S/C24H31N3O5S/c1-25-33(29,30)22-14-19(20(31-2)15-21(22)32-3)23(28)26-24-12-7-10-18(11-13-24)27(24)16-17-8-5-4-6-9-17/h4-6,8-9,14-15,18,25H,7,10-13,16H2,1-3H3,(H,26,28). The number of rotatable bonds is 8. The number of piperidine rings is 1. The summed E-state index contributed by atoms with van der Waals surface area (Å²) in [5.41, 5.74) is 0.896. The molecule has 0 aliphatic carbocycles. The molecule has 0 aromatic heterocycles. The molecule has 2 bridgehead atoms. The van der Waals surface area contributed by atoms with Crippen LogP contribution in [0.5, 0.6) is 11.5 Å². The summed E-state index contributed by atoms with van der Waals surface area (Å²) < 4.78 is 38.1. The molecule has 2 saturated heterocycles. The van der Waals surface area contributed by atoms with Gasteiger partial charge in [0.05, 0.1) is 25.4 Å². The Bertz CT molecular complexity index is 1120. The van der Waals surface area contributed by atoms with Gasteiger partial charge in [0.15, 0.2) is 0 Å². The zero-order valence-corrected chi connectivity index (χ0v) is 20.1. The maximum absolute atomic E-state index is 13.6. The van der Waals surface area contributed by atoms with Gasteiger partial charge in [-0.1, -0.05) is 30.3 Å². The number of methoxy groups -OCH3 is 2. The smallest absolute Gasteiger partial charge is 0.256 e. The van der Waals surface area contributed by atoms with Gasteiger partial charge in [-0.05, 0) is 50.8 Å². The van der Waals surface area contributed by atoms with Gasteiger partial charge in [0.1, 0.15) is 16.4 Å². The van der Waals surface area contributed by atoms with E-state index in [-0.39, 0.29) is 27.9 Å². The van der Waals surface area contributed by atoms with Gasteiger partial charge in [-0.25, -0.2) is 13.1 Å². The molecule has 2 aromatic carbocycles. The predicted octanol–water partition coefficient (Wildman–Crippen LogP) is 2.89. The number of carbonyl (C=O) groups is 1. The van der Waals surface area contributed by atoms with Gasteiger partial charge >= 0.3 is 0 Å². The maximum Gasteiger partial charge on any atom is 0.256 e. The lowest BCUT2D eigenvalue weighted by molar-refractivity contribution is 0.0184. The van der Waals surface area contributed by atoms with Crippen LogP contribution in [0.25, 0.3) is 0 Å². The van der Waals surface area contributed by atoms with Crippen LogP contribution in [0, 0.1) is 0 Å². The van der Waals surface area contributed by atoms with E-state index in [0.717, 1.165) is 38.6 Å². The molecule has 33 heavy (non-hydrogen) atoms. The van der Waals surface area contributed by atoms with Crippen molar-refractivity contribution >= 4 is 15.9 Å². The zero-order chi connectivity index (χ0) is 23.6. The molecule has 9 heteroatoms. The fraction of sp³-hybridized carbons (Fsp3) is 0.458. The second kappa shape index (κ2) is 9.32. The van der Waals surface area contributed by atoms with Crippen LogP contribution >= 0.6 is 0 Å². The van der Waals surface area contributed by atoms with Crippen LogP contribution in [-0.2, 0) is 16.6 Å². The van der Waals surface area contributed by atoms with Gasteiger partial charge in [-0.2, -0.15) is 0 Å². The molecular weight excluding hydrogens is 442 g/mol. The minimum absolute atomic E-state index is 0.106. The molecule has 0 saturated carbocycles. The number of hydrogen-bond acceptors (Lipinski definition) is 6. The fourth-order valence-corrected chi connectivity index (χ4v) is 6.06. The van der Waals surface area contributed by atoms with Gasteiger partial charge in [-0.3, -0.25) is 9.69 Å². The Morgan fingerprint density at radius 2 is 1.82 bits per heavy atom. The minimum atomic E-state index is -3.84. The molecule has 2 aromatic rings. The SMILES string of the molecule is CNS(=O)(=O)c1cc(C(=O)NC23CCCC(CC2)N3Cc2ccccc2)c(OC)cc1OC. The van der Waals surface area contributed by atoms with E-state index in [1.807, 2.05) is 18.2 Å². The summed E-state index contributed by atoms with van der Waals surface area (Å²) in [6.45, 7) is 0.755. The van der Waals surface area contributed by atoms with Crippen LogP contribution in [0.3, 0.4) is 0 Å². The van der Waals surface area contributed by atoms with Crippen molar-refractivity contribution in [2.45, 2.75) is 55.2 Å². The van der Waals surface area contributed by atoms with Gasteiger partial charge in [0.2, 0.25) is 10.0 Å². The quantitative estimate of drug-likeness (QED) is 0.612. The highest BCUT2D eigenvalue weighted by molar-refractivity contribution is 7.89. The molecule has 2 atom stereocenters. The monoisotopic (exact) mass is 473 g/mol. The number of benzene rings is 2. The molecular formula is C24H31N3O5S. The van der Waals surface area contributed by atoms with E-state index >= 15 is 0 Å². The normalized spacial score (nSPS) is 22.7. The lowest BCUT2D eigenvalue weighted by atomic mass is 9.95. The first kappa shape index (κ1) is 23.5. The largest absolute Gasteiger partial charge is 0.496 e. The van der Waals surface area contributed by atoms with Crippen molar-refractivity contribution in [1.29, 1.82) is 0 Å². The van der Waals surface area contributed by atoms with E-state index in [0.29, 0.717) is 6.04 Å². The van der Waals surface area contributed by atoms with Crippen molar-refractivity contribution in [3.05, 3.63) is 53.6 Å². The Morgan fingerprint density at radius 1 is 1.09 bits per heavy atom. The summed E-state index contributed by atoms with van der Waals surface area (Å²) in [7, 11) is 0.307. The Morgan fingerprint density at radius 3 is 2.48 bits per heavy atom. The maximum atomic E-state index is 13.6. The molecule has 0 spiro atoms. The minimum Gasteiger partial charge on any atom is -0.496 e. The summed E-state index contributed by atoms with van der Waals surface area (Å²) >= 11 is 0. The molecule has 2 heterocycles. The highest BCUT2D eigenvalue weighted by Gasteiger charge is 2.49. The number of nitrogens with one attached hydrogen (secondary N) is 2. The topological polar surface area (TPSA) is 97.0 Å². The third-order valence-electron chi connectivity index (χ3n) is 6.84. The summed E-state index contributed by atoms with van der Waals surface area (Å²) in [4.78, 5) is 15.9. The van der Waals surface area contributed by atoms with Crippen LogP contribution in [0.2, 0.25) is 0 Å². The Kier molecular flexibility index (Phi) is 6.65. The van der Waals surface area contributed by atoms with Gasteiger partial charge in [-0.15, -0.1) is 0 Å². The van der Waals surface area contributed by atoms with E-state index in [2.05, 4.69) is 27.1 Å². The Hall–Kier alpha value is -2.62. The van der Waals surface area contributed by atoms with Crippen molar-refractivity contribution in [3.8, 4) is 11.5 Å². The average Bonchev–Trinajstić information content (AvgIpc) is 3.01. The van der Waals surface area contributed by atoms with E-state index in [1.165, 1.54) is 39.0 Å². The molecule has 8 nitrogen and oxygen atoms in total. The first-order valence-electron chi connectivity index (χ1n) is 11.2. The van der Waals surface area contributed by atoms with E-state index in [9.17, 15) is 13.2 Å². The Balaban J connectivity index is 1.68. The first-order valence-corrected chi connectivity index (χ1v) is 12.6. The molecule has 0 radical (unpaired) electrons. The van der Waals surface area contributed by atoms with Crippen LogP contribution in [0.15, 0.2) is 47.4 Å². The fourth-order valence-electron chi connectivity index (χ4n) is 5.16. The number of fused-ring (bicyclic) bond motifs is 2. The molecule has 1 amide bonds. The van der Waals surface area contributed by atoms with Crippen molar-refractivity contribution in [3.63, 3.8) is 0 Å². The number of carbonyl (C=O) groups excluding carboxylic acids is 1. The number of nitrogens with zero attached hydrogens (tertiary/aromatic N) is 1. The van der Waals surface area contributed by atoms with Crippen LogP contribution in [0.4, 0.5) is 0 Å². The van der Waals surface area contributed by atoms with Crippen LogP contribution < -0.4 is 19.5 Å². The molecule has 2 aliphatic heterocycles. The van der Waals surface area contributed by atoms with Crippen LogP contribution in [0.1, 0.15) is 48.0 Å². The molecule has 2 unspecified atom stereocenters. The number of hydrogen-bond donors (Lipinski definition) is 2. The second-order valence-corrected chi connectivity index (χ2v) is 10.4. The highest BCUT2D eigenvalue weighted by Crippen LogP contribution is 2.44. The lowest BCUT2D eigenvalue weighted by Gasteiger charge is -2.45. The van der Waals surface area contributed by atoms with Gasteiger partial charge in [0, 0.05) is 18.7 Å². The van der Waals surface area contributed by atoms with Crippen LogP contribution in [-0.4, -0.2) is 52.2 Å². The molecule has 4 rings (SSSR count). The van der Waals surface area contributed by atoms with Crippen molar-refractivity contribution in [2.75, 3.05) is 21.3 Å². The van der Waals surface area contributed by atoms with E-state index < -0.39 is 15.7 Å². The predicted molar refractivity (Wildman–Crippen MR) is 125 cm³/mol. The molecule has 2 fully saturated rings. The summed E-state index contributed by atoms with van der Waals surface area (Å²) in [5, 5.41) is 3.27. The third-order valence-corrected chi connectivity index (χ3v) is 8.28. The number of sulfonamides is 1. The molecule has 178 valence electrons. The summed E-state index contributed by atoms with van der Waals surface area (Å²) in [6, 6.07) is 13.4. The van der Waals surface area contributed by atoms with Gasteiger partial charge in [0.25, 0.3) is 5.91 Å². The van der Waals surface area contributed by atoms with E-state index in [1.54, 1.807) is 0 Å². The van der Waals surface area contributed by atoms with Crippen molar-refractivity contribution < 1.29 is 22.7 Å². The zero-order valence-electron chi connectivity index (χ0n) is 19.3. The third kappa shape index (κ3) is 4.45. The molecule has 2 aliphatic rings. The number of ether oxygens (including phenoxy) is 2. The molecule has 2 N–H and O–H groups in total. The second-order valence-electron chi connectivity index (χ2n) is 8.59. The van der Waals surface area contributed by atoms with Crippen molar-refractivity contribution in [2.24, 2.45) is 0 Å². The Labute approximate surface area is 195 Å². The lowest BCUT2D eigenvalue weighted by Crippen LogP contribution is -2.60. The van der Waals surface area contributed by atoms with Crippen molar-refractivity contribution in [1.82, 2.24) is 14.9 Å². The number of amides is 1. The summed E-state index contributed by atoms with van der Waals surface area (Å²) in [6.07, 6.45) is 4.88. The average molecular weight is 474 g/mol. The highest BCUT2D eigenvalue weighted by atomic mass is 32.2. The van der Waals surface area contributed by atoms with Gasteiger partial charge < -0.3 is 14.8 Å². The summed E-state index contributed by atoms with van der Waals surface area (Å²) in [5.74, 6) is 0.0126.